The molecule has 9 heteroatoms. The van der Waals surface area contributed by atoms with Crippen molar-refractivity contribution in [2.75, 3.05) is 10.6 Å². The number of benzene rings is 3. The van der Waals surface area contributed by atoms with Crippen molar-refractivity contribution in [2.24, 2.45) is 0 Å². The summed E-state index contributed by atoms with van der Waals surface area (Å²) in [6.07, 6.45) is 1.10. The van der Waals surface area contributed by atoms with E-state index in [2.05, 4.69) is 5.32 Å². The third-order valence-corrected chi connectivity index (χ3v) is 5.84. The van der Waals surface area contributed by atoms with Crippen molar-refractivity contribution in [1.82, 2.24) is 0 Å². The van der Waals surface area contributed by atoms with Gasteiger partial charge in [0.1, 0.15) is 10.9 Å². The Morgan fingerprint density at radius 1 is 0.879 bits per heavy atom. The van der Waals surface area contributed by atoms with E-state index in [0.717, 1.165) is 11.8 Å². The molecule has 3 aromatic carbocycles. The summed E-state index contributed by atoms with van der Waals surface area (Å²) >= 11 is 1.07. The van der Waals surface area contributed by atoms with Crippen molar-refractivity contribution < 1.29 is 27.2 Å². The summed E-state index contributed by atoms with van der Waals surface area (Å²) in [5.74, 6) is -7.60. The molecule has 0 aliphatic heterocycles. The third kappa shape index (κ3) is 6.13. The topological polar surface area (TPSA) is 58.2 Å². The number of hydrogen-bond acceptors (Lipinski definition) is 3. The van der Waals surface area contributed by atoms with E-state index in [4.69, 9.17) is 0 Å². The Morgan fingerprint density at radius 2 is 1.48 bits per heavy atom. The normalized spacial score (nSPS) is 11.7. The van der Waals surface area contributed by atoms with Crippen LogP contribution in [0.15, 0.2) is 65.6 Å². The molecule has 0 bridgehead atoms. The van der Waals surface area contributed by atoms with Gasteiger partial charge in [-0.15, -0.1) is 11.8 Å². The number of nitrogens with one attached hydrogen (secondary N) is 2. The largest absolute Gasteiger partial charge is 0.326 e. The van der Waals surface area contributed by atoms with Crippen LogP contribution in [0.4, 0.5) is 28.9 Å². The van der Waals surface area contributed by atoms with Crippen molar-refractivity contribution in [3.05, 3.63) is 89.5 Å². The molecule has 0 saturated carbocycles. The molecule has 3 aromatic rings. The highest BCUT2D eigenvalue weighted by molar-refractivity contribution is 8.00. The van der Waals surface area contributed by atoms with Crippen LogP contribution in [0.2, 0.25) is 0 Å². The van der Waals surface area contributed by atoms with Gasteiger partial charge in [0.25, 0.3) is 0 Å². The molecule has 33 heavy (non-hydrogen) atoms. The first-order valence-electron chi connectivity index (χ1n) is 10.1. The van der Waals surface area contributed by atoms with Crippen LogP contribution in [0.1, 0.15) is 30.6 Å². The molecule has 172 valence electrons. The molecule has 0 spiro atoms. The molecule has 0 heterocycles. The Bertz CT molecular complexity index is 1120. The Hall–Kier alpha value is -3.33. The van der Waals surface area contributed by atoms with Crippen LogP contribution in [0.25, 0.3) is 0 Å². The molecule has 3 rings (SSSR count). The molecule has 0 aliphatic carbocycles. The van der Waals surface area contributed by atoms with Crippen molar-refractivity contribution in [1.29, 1.82) is 0 Å². The third-order valence-electron chi connectivity index (χ3n) is 4.57. The Labute approximate surface area is 192 Å². The maximum atomic E-state index is 14.1. The number of halogens is 4. The fourth-order valence-electron chi connectivity index (χ4n) is 2.98. The second-order valence-corrected chi connectivity index (χ2v) is 8.24. The maximum Gasteiger partial charge on any atom is 0.242 e. The lowest BCUT2D eigenvalue weighted by atomic mass is 10.1. The maximum absolute atomic E-state index is 14.1. The highest BCUT2D eigenvalue weighted by Crippen LogP contribution is 2.37. The predicted octanol–water partition coefficient (Wildman–Crippen LogP) is 6.45. The van der Waals surface area contributed by atoms with Gasteiger partial charge in [-0.25, -0.2) is 17.6 Å². The second kappa shape index (κ2) is 11.0. The average Bonchev–Trinajstić information content (AvgIpc) is 2.80. The Kier molecular flexibility index (Phi) is 8.11. The smallest absolute Gasteiger partial charge is 0.242 e. The van der Waals surface area contributed by atoms with E-state index in [-0.39, 0.29) is 12.0 Å². The summed E-state index contributed by atoms with van der Waals surface area (Å²) in [6, 6.07) is 15.2. The van der Waals surface area contributed by atoms with E-state index in [1.54, 1.807) is 54.6 Å². The zero-order chi connectivity index (χ0) is 24.0. The number of rotatable bonds is 8. The first-order chi connectivity index (χ1) is 15.8. The van der Waals surface area contributed by atoms with Crippen LogP contribution < -0.4 is 10.6 Å². The van der Waals surface area contributed by atoms with E-state index < -0.39 is 40.1 Å². The predicted molar refractivity (Wildman–Crippen MR) is 120 cm³/mol. The van der Waals surface area contributed by atoms with E-state index in [1.165, 1.54) is 0 Å². The minimum absolute atomic E-state index is 0.0740. The molecule has 0 fully saturated rings. The lowest BCUT2D eigenvalue weighted by Crippen LogP contribution is -2.21. The standard InChI is InChI=1S/C24H20F4N2O2S/c1-2-6-19(31)29-15-9-11-16(12-10-15)33-23(14-7-4-3-5-8-14)24(32)30-22-20(27)17(25)13-18(26)21(22)28/h3-5,7-13,23H,2,6H2,1H3,(H,29,31)(H,30,32). The highest BCUT2D eigenvalue weighted by Gasteiger charge is 2.27. The molecule has 1 unspecified atom stereocenters. The quantitative estimate of drug-likeness (QED) is 0.223. The fourth-order valence-corrected chi connectivity index (χ4v) is 4.00. The van der Waals surface area contributed by atoms with Gasteiger partial charge >= 0.3 is 0 Å². The van der Waals surface area contributed by atoms with Gasteiger partial charge in [0, 0.05) is 23.1 Å². The van der Waals surface area contributed by atoms with Crippen LogP contribution in [0.5, 0.6) is 0 Å². The van der Waals surface area contributed by atoms with Crippen molar-refractivity contribution in [3.63, 3.8) is 0 Å². The molecule has 0 aliphatic rings. The van der Waals surface area contributed by atoms with E-state index in [9.17, 15) is 27.2 Å². The molecule has 0 saturated heterocycles. The number of carbonyl (C=O) groups is 2. The zero-order valence-corrected chi connectivity index (χ0v) is 18.3. The van der Waals surface area contributed by atoms with Gasteiger partial charge in [-0.3, -0.25) is 9.59 Å². The monoisotopic (exact) mass is 476 g/mol. The fraction of sp³-hybridized carbons (Fsp3) is 0.167. The van der Waals surface area contributed by atoms with Crippen LogP contribution >= 0.6 is 11.8 Å². The van der Waals surface area contributed by atoms with E-state index >= 15 is 0 Å². The number of anilines is 2. The summed E-state index contributed by atoms with van der Waals surface area (Å²) < 4.78 is 55.2. The Morgan fingerprint density at radius 3 is 2.06 bits per heavy atom. The van der Waals surface area contributed by atoms with Crippen LogP contribution in [-0.4, -0.2) is 11.8 Å². The molecule has 1 atom stereocenters. The Balaban J connectivity index is 1.85. The highest BCUT2D eigenvalue weighted by atomic mass is 32.2. The van der Waals surface area contributed by atoms with Crippen molar-refractivity contribution in [3.8, 4) is 0 Å². The lowest BCUT2D eigenvalue weighted by molar-refractivity contribution is -0.116. The van der Waals surface area contributed by atoms with Gasteiger partial charge in [0.15, 0.2) is 23.3 Å². The van der Waals surface area contributed by atoms with E-state index in [0.29, 0.717) is 29.0 Å². The molecular formula is C24H20F4N2O2S. The molecule has 0 radical (unpaired) electrons. The number of amides is 2. The van der Waals surface area contributed by atoms with Crippen molar-refractivity contribution >= 4 is 35.0 Å². The average molecular weight is 476 g/mol. The molecule has 2 amide bonds. The minimum Gasteiger partial charge on any atom is -0.326 e. The summed E-state index contributed by atoms with van der Waals surface area (Å²) in [6.45, 7) is 1.89. The van der Waals surface area contributed by atoms with Gasteiger partial charge in [-0.05, 0) is 36.2 Å². The summed E-state index contributed by atoms with van der Waals surface area (Å²) in [5.41, 5.74) is -0.0936. The van der Waals surface area contributed by atoms with Gasteiger partial charge < -0.3 is 10.6 Å². The molecule has 0 aromatic heterocycles. The number of hydrogen-bond donors (Lipinski definition) is 2. The first-order valence-corrected chi connectivity index (χ1v) is 10.9. The SMILES string of the molecule is CCCC(=O)Nc1ccc(SC(C(=O)Nc2c(F)c(F)cc(F)c2F)c2ccccc2)cc1. The number of thioether (sulfide) groups is 1. The summed E-state index contributed by atoms with van der Waals surface area (Å²) in [4.78, 5) is 25.3. The summed E-state index contributed by atoms with van der Waals surface area (Å²) in [7, 11) is 0. The first kappa shape index (κ1) is 24.3. The van der Waals surface area contributed by atoms with Crippen LogP contribution in [-0.2, 0) is 9.59 Å². The number of carbonyl (C=O) groups excluding carboxylic acids is 2. The van der Waals surface area contributed by atoms with E-state index in [1.807, 2.05) is 12.2 Å². The zero-order valence-electron chi connectivity index (χ0n) is 17.5. The van der Waals surface area contributed by atoms with Gasteiger partial charge in [-0.1, -0.05) is 37.3 Å². The van der Waals surface area contributed by atoms with Gasteiger partial charge in [-0.2, -0.15) is 0 Å². The van der Waals surface area contributed by atoms with Gasteiger partial charge in [0.2, 0.25) is 11.8 Å². The van der Waals surface area contributed by atoms with Crippen LogP contribution in [0, 0.1) is 23.3 Å². The van der Waals surface area contributed by atoms with Gasteiger partial charge in [0.05, 0.1) is 0 Å². The van der Waals surface area contributed by atoms with Crippen molar-refractivity contribution in [2.45, 2.75) is 29.9 Å². The second-order valence-electron chi connectivity index (χ2n) is 7.06. The van der Waals surface area contributed by atoms with Crippen LogP contribution in [0.3, 0.4) is 0 Å². The summed E-state index contributed by atoms with van der Waals surface area (Å²) in [5, 5.41) is 3.75. The molecular weight excluding hydrogens is 456 g/mol. The minimum atomic E-state index is -1.69. The lowest BCUT2D eigenvalue weighted by Gasteiger charge is -2.18. The molecule has 4 nitrogen and oxygen atoms in total. The molecule has 2 N–H and O–H groups in total.